The first-order valence-corrected chi connectivity index (χ1v) is 18.2. The minimum Gasteiger partial charge on any atom is -0.512 e. The monoisotopic (exact) mass is 665 g/mol. The first-order valence-electron chi connectivity index (χ1n) is 16.8. The van der Waals surface area contributed by atoms with Gasteiger partial charge < -0.3 is 20.1 Å². The maximum absolute atomic E-state index is 14.8. The summed E-state index contributed by atoms with van der Waals surface area (Å²) in [5.74, 6) is -1.32. The van der Waals surface area contributed by atoms with Gasteiger partial charge in [0.1, 0.15) is 11.9 Å². The van der Waals surface area contributed by atoms with Crippen molar-refractivity contribution in [3.8, 4) is 0 Å². The Morgan fingerprint density at radius 3 is 2.21 bits per heavy atom. The van der Waals surface area contributed by atoms with Gasteiger partial charge in [-0.2, -0.15) is 0 Å². The lowest BCUT2D eigenvalue weighted by Crippen LogP contribution is -2.54. The highest BCUT2D eigenvalue weighted by molar-refractivity contribution is 7.92. The van der Waals surface area contributed by atoms with Crippen LogP contribution >= 0.6 is 0 Å². The predicted molar refractivity (Wildman–Crippen MR) is 183 cm³/mol. The molecule has 47 heavy (non-hydrogen) atoms. The molecule has 0 radical (unpaired) electrons. The number of benzene rings is 2. The van der Waals surface area contributed by atoms with E-state index in [0.29, 0.717) is 24.1 Å². The topological polar surface area (TPSA) is 124 Å². The Kier molecular flexibility index (Phi) is 9.77. The van der Waals surface area contributed by atoms with Gasteiger partial charge in [-0.25, -0.2) is 13.2 Å². The fraction of sp³-hybridized carbons (Fsp3) is 0.553. The summed E-state index contributed by atoms with van der Waals surface area (Å²) >= 11 is 0. The number of hydrogen-bond donors (Lipinski definition) is 3. The van der Waals surface area contributed by atoms with Gasteiger partial charge in [0.25, 0.3) is 10.0 Å². The second kappa shape index (κ2) is 13.1. The number of nitrogens with zero attached hydrogens (tertiary/aromatic N) is 1. The molecule has 0 saturated heterocycles. The number of hydrogen-bond acceptors (Lipinski definition) is 7. The number of esters is 1. The van der Waals surface area contributed by atoms with Crippen LogP contribution in [0.5, 0.6) is 0 Å². The highest BCUT2D eigenvalue weighted by atomic mass is 32.2. The summed E-state index contributed by atoms with van der Waals surface area (Å²) in [5.41, 5.74) is 1.92. The third kappa shape index (κ3) is 6.04. The van der Waals surface area contributed by atoms with Crippen LogP contribution in [0.3, 0.4) is 0 Å². The lowest BCUT2D eigenvalue weighted by molar-refractivity contribution is -0.154. The standard InChI is InChI=1S/C38H51NO7S/c1-23(2)29-13-14-32(42)33(30(29)20-26(21-40)22-41)36(43)46-35-34(31-15-16-38(35,7)37(31,5)6)39(27-18-24(3)17-25(4)19-27)47(44,45)28-11-9-8-10-12-28/h8-12,17-20,23,29-31,34-35,40-42H,13-16,21-22H2,1-7H3/t29-,30+,31+,34-,35-,38-/m0/s1. The molecule has 256 valence electrons. The average molecular weight is 666 g/mol. The number of aliphatic hydroxyl groups is 3. The molecule has 2 saturated carbocycles. The Balaban J connectivity index is 1.67. The van der Waals surface area contributed by atoms with Crippen LogP contribution in [0.25, 0.3) is 0 Å². The second-order valence-corrected chi connectivity index (χ2v) is 16.8. The smallest absolute Gasteiger partial charge is 0.338 e. The van der Waals surface area contributed by atoms with Crippen molar-refractivity contribution in [1.82, 2.24) is 0 Å². The first-order chi connectivity index (χ1) is 22.1. The number of rotatable bonds is 10. The van der Waals surface area contributed by atoms with E-state index in [2.05, 4.69) is 34.6 Å². The van der Waals surface area contributed by atoms with Crippen molar-refractivity contribution in [2.75, 3.05) is 17.5 Å². The van der Waals surface area contributed by atoms with Gasteiger partial charge in [0.15, 0.2) is 0 Å². The van der Waals surface area contributed by atoms with E-state index in [1.165, 1.54) is 4.31 Å². The molecule has 2 bridgehead atoms. The second-order valence-electron chi connectivity index (χ2n) is 15.0. The molecule has 6 atom stereocenters. The maximum atomic E-state index is 14.8. The van der Waals surface area contributed by atoms with E-state index in [0.717, 1.165) is 24.0 Å². The molecule has 3 aliphatic rings. The summed E-state index contributed by atoms with van der Waals surface area (Å²) in [5, 5.41) is 31.0. The third-order valence-electron chi connectivity index (χ3n) is 11.7. The summed E-state index contributed by atoms with van der Waals surface area (Å²) in [6, 6.07) is 13.5. The molecule has 0 amide bonds. The lowest BCUT2D eigenvalue weighted by atomic mass is 9.69. The van der Waals surface area contributed by atoms with Gasteiger partial charge >= 0.3 is 5.97 Å². The highest BCUT2D eigenvalue weighted by Gasteiger charge is 2.70. The van der Waals surface area contributed by atoms with Crippen LogP contribution in [0.4, 0.5) is 5.69 Å². The molecule has 0 unspecified atom stereocenters. The lowest BCUT2D eigenvalue weighted by Gasteiger charge is -2.43. The third-order valence-corrected chi connectivity index (χ3v) is 13.5. The Hall–Kier alpha value is -3.14. The molecule has 0 heterocycles. The minimum atomic E-state index is -4.11. The minimum absolute atomic E-state index is 0.0327. The van der Waals surface area contributed by atoms with Crippen molar-refractivity contribution < 1.29 is 33.3 Å². The molecule has 3 aliphatic carbocycles. The van der Waals surface area contributed by atoms with E-state index in [1.54, 1.807) is 36.4 Å². The highest BCUT2D eigenvalue weighted by Crippen LogP contribution is 2.68. The Bertz CT molecular complexity index is 1640. The number of ether oxygens (including phenoxy) is 1. The zero-order valence-corrected chi connectivity index (χ0v) is 29.5. The van der Waals surface area contributed by atoms with E-state index in [1.807, 2.05) is 32.0 Å². The van der Waals surface area contributed by atoms with Crippen LogP contribution in [-0.2, 0) is 19.6 Å². The summed E-state index contributed by atoms with van der Waals surface area (Å²) in [7, 11) is -4.11. The van der Waals surface area contributed by atoms with E-state index in [-0.39, 0.29) is 52.6 Å². The summed E-state index contributed by atoms with van der Waals surface area (Å²) in [6.07, 6.45) is 3.36. The van der Waals surface area contributed by atoms with Gasteiger partial charge in [-0.1, -0.05) is 65.0 Å². The predicted octanol–water partition coefficient (Wildman–Crippen LogP) is 6.64. The summed E-state index contributed by atoms with van der Waals surface area (Å²) in [6.45, 7) is 13.6. The molecule has 0 aromatic heterocycles. The number of sulfonamides is 1. The maximum Gasteiger partial charge on any atom is 0.338 e. The average Bonchev–Trinajstić information content (AvgIpc) is 3.32. The van der Waals surface area contributed by atoms with Crippen LogP contribution < -0.4 is 4.31 Å². The van der Waals surface area contributed by atoms with E-state index < -0.39 is 39.5 Å². The molecule has 9 heteroatoms. The molecule has 3 N–H and O–H groups in total. The van der Waals surface area contributed by atoms with Crippen molar-refractivity contribution in [2.45, 2.75) is 91.2 Å². The number of aliphatic hydroxyl groups excluding tert-OH is 3. The first kappa shape index (κ1) is 35.2. The van der Waals surface area contributed by atoms with Gasteiger partial charge in [-0.05, 0) is 97.2 Å². The Morgan fingerprint density at radius 1 is 1.02 bits per heavy atom. The molecular weight excluding hydrogens is 614 g/mol. The molecular formula is C38H51NO7S. The van der Waals surface area contributed by atoms with Crippen LogP contribution in [0.1, 0.15) is 71.4 Å². The van der Waals surface area contributed by atoms with Crippen molar-refractivity contribution >= 4 is 21.7 Å². The normalized spacial score (nSPS) is 28.4. The fourth-order valence-electron chi connectivity index (χ4n) is 8.82. The molecule has 8 nitrogen and oxygen atoms in total. The van der Waals surface area contributed by atoms with Crippen LogP contribution in [0.2, 0.25) is 0 Å². The van der Waals surface area contributed by atoms with Crippen molar-refractivity contribution in [1.29, 1.82) is 0 Å². The number of carbonyl (C=O) groups is 1. The number of aryl methyl sites for hydroxylation is 2. The molecule has 2 aromatic carbocycles. The van der Waals surface area contributed by atoms with Crippen molar-refractivity contribution in [2.24, 2.45) is 34.5 Å². The Morgan fingerprint density at radius 2 is 1.64 bits per heavy atom. The fourth-order valence-corrected chi connectivity index (χ4v) is 10.5. The number of carbonyl (C=O) groups excluding carboxylic acids is 1. The van der Waals surface area contributed by atoms with Gasteiger partial charge in [-0.15, -0.1) is 0 Å². The van der Waals surface area contributed by atoms with E-state index in [4.69, 9.17) is 4.74 Å². The van der Waals surface area contributed by atoms with Gasteiger partial charge in [0.05, 0.1) is 35.4 Å². The molecule has 2 fully saturated rings. The number of anilines is 1. The Labute approximate surface area is 280 Å². The van der Waals surface area contributed by atoms with E-state index in [9.17, 15) is 28.5 Å². The van der Waals surface area contributed by atoms with Crippen molar-refractivity contribution in [3.63, 3.8) is 0 Å². The number of fused-ring (bicyclic) bond motifs is 2. The SMILES string of the molecule is Cc1cc(C)cc(N([C@H]2[C@H]3CC[C@@](C)([C@H]2OC(=O)C2=C(O)CC[C@@H](C(C)C)[C@H]2C=C(CO)CO)C3(C)C)S(=O)(=O)c2ccccc2)c1. The quantitative estimate of drug-likeness (QED) is 0.192. The molecule has 5 rings (SSSR count). The molecule has 2 aromatic rings. The van der Waals surface area contributed by atoms with Gasteiger partial charge in [0, 0.05) is 17.8 Å². The summed E-state index contributed by atoms with van der Waals surface area (Å²) < 4.78 is 37.6. The van der Waals surface area contributed by atoms with Gasteiger partial charge in [0.2, 0.25) is 0 Å². The zero-order valence-electron chi connectivity index (χ0n) is 28.7. The number of allylic oxidation sites excluding steroid dienone is 2. The largest absolute Gasteiger partial charge is 0.512 e. The zero-order chi connectivity index (χ0) is 34.5. The van der Waals surface area contributed by atoms with Crippen molar-refractivity contribution in [3.05, 3.63) is 82.6 Å². The molecule has 0 spiro atoms. The van der Waals surface area contributed by atoms with Crippen LogP contribution in [-0.4, -0.2) is 55.1 Å². The summed E-state index contributed by atoms with van der Waals surface area (Å²) in [4.78, 5) is 14.7. The van der Waals surface area contributed by atoms with E-state index >= 15 is 0 Å². The van der Waals surface area contributed by atoms with Gasteiger partial charge in [-0.3, -0.25) is 4.31 Å². The molecule has 0 aliphatic heterocycles. The van der Waals surface area contributed by atoms with Crippen LogP contribution in [0, 0.1) is 48.3 Å². The van der Waals surface area contributed by atoms with Crippen LogP contribution in [0.15, 0.2) is 76.4 Å².